The maximum Gasteiger partial charge on any atom is 0 e. The Hall–Kier alpha value is -1.63. The van der Waals surface area contributed by atoms with Gasteiger partial charge in [-0.2, -0.15) is 0 Å². The first kappa shape index (κ1) is 24.6. The van der Waals surface area contributed by atoms with Crippen LogP contribution in [0.1, 0.15) is 5.56 Å². The van der Waals surface area contributed by atoms with Crippen molar-refractivity contribution in [1.82, 2.24) is 0 Å². The third-order valence-electron chi connectivity index (χ3n) is 1.17. The third kappa shape index (κ3) is 20.4. The molecule has 0 unspecified atom stereocenters. The molecule has 0 saturated heterocycles. The van der Waals surface area contributed by atoms with Gasteiger partial charge in [-0.05, 0) is 11.6 Å². The van der Waals surface area contributed by atoms with Crippen molar-refractivity contribution in [2.45, 2.75) is 0 Å². The van der Waals surface area contributed by atoms with Crippen LogP contribution >= 0.6 is 0 Å². The van der Waals surface area contributed by atoms with Crippen LogP contribution in [0.5, 0.6) is 0 Å². The van der Waals surface area contributed by atoms with Gasteiger partial charge in [0.05, 0.1) is 0 Å². The second kappa shape index (κ2) is 29.3. The van der Waals surface area contributed by atoms with E-state index in [0.717, 1.165) is 11.8 Å². The van der Waals surface area contributed by atoms with Crippen molar-refractivity contribution in [1.29, 1.82) is 0 Å². The molecule has 0 amide bonds. The maximum absolute atomic E-state index is 9.89. The first-order valence-electron chi connectivity index (χ1n) is 3.71. The molecule has 0 heterocycles. The first-order chi connectivity index (χ1) is 7.93. The quantitative estimate of drug-likeness (QED) is 0.266. The Labute approximate surface area is 110 Å². The molecule has 0 aliphatic carbocycles. The van der Waals surface area contributed by atoms with Gasteiger partial charge in [0, 0.05) is 17.1 Å². The molecule has 4 nitrogen and oxygen atoms in total. The summed E-state index contributed by atoms with van der Waals surface area (Å²) in [5.74, 6) is 0. The summed E-state index contributed by atoms with van der Waals surface area (Å²) in [7, 11) is 0. The number of rotatable bonds is 2. The van der Waals surface area contributed by atoms with Crippen molar-refractivity contribution < 1.29 is 35.8 Å². The van der Waals surface area contributed by atoms with Crippen LogP contribution in [0.2, 0.25) is 0 Å². The Morgan fingerprint density at radius 1 is 0.882 bits per heavy atom. The van der Waals surface area contributed by atoms with E-state index in [1.807, 2.05) is 30.3 Å². The van der Waals surface area contributed by atoms with E-state index in [-0.39, 0.29) is 17.1 Å². The SMILES string of the molecule is O=C/C=C/c1ccccc1.[C-]#[O+].[C-]#[O+].[C-]#[O+].[Fe]. The molecule has 0 N–H and O–H groups in total. The van der Waals surface area contributed by atoms with Gasteiger partial charge in [-0.3, -0.25) is 4.79 Å². The number of benzene rings is 1. The molecular formula is C12H8FeO4. The molecule has 0 saturated carbocycles. The average Bonchev–Trinajstić information content (AvgIpc) is 2.44. The van der Waals surface area contributed by atoms with Gasteiger partial charge >= 0.3 is 33.9 Å². The Balaban J connectivity index is -0.000000106. The summed E-state index contributed by atoms with van der Waals surface area (Å²) in [6.07, 6.45) is 4.02. The molecule has 0 aliphatic heterocycles. The van der Waals surface area contributed by atoms with Crippen LogP contribution in [0.3, 0.4) is 0 Å². The predicted molar refractivity (Wildman–Crippen MR) is 53.3 cm³/mol. The predicted octanol–water partition coefficient (Wildman–Crippen LogP) is 1.78. The van der Waals surface area contributed by atoms with E-state index in [1.165, 1.54) is 6.08 Å². The molecule has 1 aromatic carbocycles. The normalized spacial score (nSPS) is 6.24. The van der Waals surface area contributed by atoms with Gasteiger partial charge in [0.2, 0.25) is 0 Å². The zero-order valence-electron chi connectivity index (χ0n) is 8.61. The molecule has 0 aromatic heterocycles. The summed E-state index contributed by atoms with van der Waals surface area (Å²) < 4.78 is 22.5. The van der Waals surface area contributed by atoms with Crippen molar-refractivity contribution in [2.24, 2.45) is 0 Å². The van der Waals surface area contributed by atoms with Gasteiger partial charge in [-0.25, -0.2) is 0 Å². The first-order valence-corrected chi connectivity index (χ1v) is 3.71. The van der Waals surface area contributed by atoms with Crippen molar-refractivity contribution in [3.8, 4) is 0 Å². The summed E-state index contributed by atoms with van der Waals surface area (Å²) in [5, 5.41) is 0. The molecule has 0 fully saturated rings. The number of hydrogen-bond donors (Lipinski definition) is 0. The van der Waals surface area contributed by atoms with Gasteiger partial charge in [-0.1, -0.05) is 36.4 Å². The van der Waals surface area contributed by atoms with Gasteiger partial charge in [-0.15, -0.1) is 0 Å². The summed E-state index contributed by atoms with van der Waals surface area (Å²) in [6.45, 7) is 13.5. The number of hydrogen-bond acceptors (Lipinski definition) is 1. The fraction of sp³-hybridized carbons (Fsp3) is 0. The van der Waals surface area contributed by atoms with E-state index in [0.29, 0.717) is 0 Å². The van der Waals surface area contributed by atoms with Crippen LogP contribution < -0.4 is 0 Å². The number of aldehydes is 1. The fourth-order valence-electron chi connectivity index (χ4n) is 0.715. The van der Waals surface area contributed by atoms with Crippen LogP contribution in [0.15, 0.2) is 36.4 Å². The summed E-state index contributed by atoms with van der Waals surface area (Å²) in [6, 6.07) is 9.70. The largest absolute Gasteiger partial charge is 0 e. The third-order valence-corrected chi connectivity index (χ3v) is 1.17. The van der Waals surface area contributed by atoms with E-state index in [2.05, 4.69) is 20.0 Å². The molecule has 17 heavy (non-hydrogen) atoms. The van der Waals surface area contributed by atoms with Crippen molar-refractivity contribution in [3.05, 3.63) is 61.9 Å². The summed E-state index contributed by atoms with van der Waals surface area (Å²) >= 11 is 0. The monoisotopic (exact) mass is 272 g/mol. The van der Waals surface area contributed by atoms with E-state index >= 15 is 0 Å². The van der Waals surface area contributed by atoms with E-state index in [1.54, 1.807) is 6.08 Å². The molecule has 0 radical (unpaired) electrons. The van der Waals surface area contributed by atoms with Crippen molar-refractivity contribution in [3.63, 3.8) is 0 Å². The Kier molecular flexibility index (Phi) is 42.3. The van der Waals surface area contributed by atoms with Crippen molar-refractivity contribution in [2.75, 3.05) is 0 Å². The average molecular weight is 272 g/mol. The van der Waals surface area contributed by atoms with E-state index in [9.17, 15) is 4.79 Å². The zero-order chi connectivity index (χ0) is 13.2. The molecule has 0 bridgehead atoms. The molecule has 0 atom stereocenters. The fourth-order valence-corrected chi connectivity index (χ4v) is 0.715. The Bertz CT molecular complexity index is 324. The van der Waals surface area contributed by atoms with Crippen LogP contribution in [-0.2, 0) is 35.8 Å². The molecule has 88 valence electrons. The van der Waals surface area contributed by atoms with Gasteiger partial charge in [0.1, 0.15) is 6.29 Å². The van der Waals surface area contributed by atoms with E-state index in [4.69, 9.17) is 14.0 Å². The molecule has 1 aromatic rings. The summed E-state index contributed by atoms with van der Waals surface area (Å²) in [4.78, 5) is 9.89. The molecule has 0 aliphatic rings. The minimum Gasteiger partial charge on any atom is 0 e. The maximum atomic E-state index is 9.89. The van der Waals surface area contributed by atoms with Crippen LogP contribution in [0.4, 0.5) is 0 Å². The number of carbonyl (C=O) groups excluding carboxylic acids is 1. The van der Waals surface area contributed by atoms with Crippen LogP contribution in [0.25, 0.3) is 6.08 Å². The number of carbonyl (C=O) groups is 1. The minimum absolute atomic E-state index is 0. The second-order valence-electron chi connectivity index (χ2n) is 1.91. The standard InChI is InChI=1S/C9H8O.3CO.Fe/c10-8-4-7-9-5-2-1-3-6-9;3*1-2;/h1-8H;;;;/b7-4+;;;;. The Morgan fingerprint density at radius 2 is 1.29 bits per heavy atom. The topological polar surface area (TPSA) is 76.8 Å². The number of allylic oxidation sites excluding steroid dienone is 1. The zero-order valence-corrected chi connectivity index (χ0v) is 9.71. The van der Waals surface area contributed by atoms with Crippen LogP contribution in [0, 0.1) is 20.0 Å². The smallest absolute Gasteiger partial charge is 0 e. The summed E-state index contributed by atoms with van der Waals surface area (Å²) in [5.41, 5.74) is 1.05. The molecular weight excluding hydrogens is 264 g/mol. The molecule has 0 spiro atoms. The minimum atomic E-state index is 0. The second-order valence-corrected chi connectivity index (χ2v) is 1.91. The van der Waals surface area contributed by atoms with Crippen molar-refractivity contribution >= 4 is 12.4 Å². The van der Waals surface area contributed by atoms with Gasteiger partial charge in [0.15, 0.2) is 0 Å². The van der Waals surface area contributed by atoms with E-state index < -0.39 is 0 Å². The Morgan fingerprint density at radius 3 is 1.65 bits per heavy atom. The molecule has 1 rings (SSSR count). The van der Waals surface area contributed by atoms with Crippen LogP contribution in [-0.4, -0.2) is 6.29 Å². The van der Waals surface area contributed by atoms with Gasteiger partial charge in [0.25, 0.3) is 0 Å². The van der Waals surface area contributed by atoms with Gasteiger partial charge < -0.3 is 0 Å². The molecule has 5 heteroatoms.